The van der Waals surface area contributed by atoms with Gasteiger partial charge < -0.3 is 9.64 Å². The van der Waals surface area contributed by atoms with Crippen LogP contribution in [-0.2, 0) is 9.53 Å². The van der Waals surface area contributed by atoms with Gasteiger partial charge in [0.1, 0.15) is 6.54 Å². The molecule has 0 N–H and O–H groups in total. The fourth-order valence-corrected chi connectivity index (χ4v) is 1.94. The van der Waals surface area contributed by atoms with E-state index in [0.717, 1.165) is 16.7 Å². The van der Waals surface area contributed by atoms with E-state index in [1.54, 1.807) is 0 Å². The molecular weight excluding hydrogens is 327 g/mol. The number of ether oxygens (including phenoxy) is 1. The fraction of sp³-hybridized carbons (Fsp3) is 0.917. The molecule has 0 heterocycles. The van der Waals surface area contributed by atoms with E-state index in [1.165, 1.54) is 0 Å². The van der Waals surface area contributed by atoms with Crippen LogP contribution in [-0.4, -0.2) is 48.6 Å². The van der Waals surface area contributed by atoms with Crippen molar-refractivity contribution in [1.29, 1.82) is 0 Å². The Hall–Kier alpha value is -0.300. The van der Waals surface area contributed by atoms with Gasteiger partial charge in [0.15, 0.2) is 0 Å². The first kappa shape index (κ1) is 18.7. The second-order valence-electron chi connectivity index (χ2n) is 4.13. The van der Waals surface area contributed by atoms with Crippen molar-refractivity contribution >= 4 is 21.8 Å². The highest BCUT2D eigenvalue weighted by atomic mass is 79.9. The largest absolute Gasteiger partial charge is 0.406 e. The summed E-state index contributed by atoms with van der Waals surface area (Å²) in [6, 6.07) is 0. The number of rotatable bonds is 10. The van der Waals surface area contributed by atoms with Gasteiger partial charge in [0, 0.05) is 31.5 Å². The monoisotopic (exact) mass is 347 g/mol. The van der Waals surface area contributed by atoms with Gasteiger partial charge in [-0.15, -0.1) is 0 Å². The molecule has 0 spiro atoms. The maximum absolute atomic E-state index is 12.4. The molecular formula is C12H21BrF3NO2. The van der Waals surface area contributed by atoms with Gasteiger partial charge in [-0.25, -0.2) is 0 Å². The summed E-state index contributed by atoms with van der Waals surface area (Å²) in [6.07, 6.45) is -2.38. The molecule has 0 aromatic heterocycles. The topological polar surface area (TPSA) is 29.5 Å². The Bertz CT molecular complexity index is 250. The van der Waals surface area contributed by atoms with Crippen LogP contribution in [0.15, 0.2) is 0 Å². The smallest absolute Gasteiger partial charge is 0.382 e. The maximum Gasteiger partial charge on any atom is 0.406 e. The van der Waals surface area contributed by atoms with Gasteiger partial charge in [-0.2, -0.15) is 13.2 Å². The van der Waals surface area contributed by atoms with Crippen molar-refractivity contribution in [2.24, 2.45) is 0 Å². The van der Waals surface area contributed by atoms with Crippen LogP contribution >= 0.6 is 15.9 Å². The van der Waals surface area contributed by atoms with Gasteiger partial charge in [-0.3, -0.25) is 4.79 Å². The predicted molar refractivity (Wildman–Crippen MR) is 71.4 cm³/mol. The van der Waals surface area contributed by atoms with Gasteiger partial charge in [0.2, 0.25) is 5.91 Å². The van der Waals surface area contributed by atoms with E-state index in [0.29, 0.717) is 26.1 Å². The third-order valence-electron chi connectivity index (χ3n) is 2.42. The Morgan fingerprint density at radius 1 is 1.26 bits per heavy atom. The lowest BCUT2D eigenvalue weighted by Crippen LogP contribution is -2.39. The summed E-state index contributed by atoms with van der Waals surface area (Å²) in [6.45, 7) is 1.63. The summed E-state index contributed by atoms with van der Waals surface area (Å²) in [5, 5.41) is 0.754. The van der Waals surface area contributed by atoms with Crippen molar-refractivity contribution in [3.05, 3.63) is 0 Å². The Labute approximate surface area is 120 Å². The molecule has 0 aliphatic rings. The first-order valence-electron chi connectivity index (χ1n) is 6.39. The third-order valence-corrected chi connectivity index (χ3v) is 2.98. The maximum atomic E-state index is 12.4. The lowest BCUT2D eigenvalue weighted by atomic mass is 10.2. The summed E-state index contributed by atoms with van der Waals surface area (Å²) in [5.74, 6) is -0.435. The van der Waals surface area contributed by atoms with Crippen LogP contribution in [0.5, 0.6) is 0 Å². The zero-order valence-corrected chi connectivity index (χ0v) is 12.7. The molecule has 0 aliphatic carbocycles. The number of hydrogen-bond donors (Lipinski definition) is 0. The predicted octanol–water partition coefficient (Wildman–Crippen LogP) is 3.37. The minimum absolute atomic E-state index is 0.0899. The van der Waals surface area contributed by atoms with Gasteiger partial charge in [0.05, 0.1) is 0 Å². The minimum atomic E-state index is -4.35. The summed E-state index contributed by atoms with van der Waals surface area (Å²) in [7, 11) is 0. The Morgan fingerprint density at radius 3 is 2.47 bits per heavy atom. The SMILES string of the molecule is CCOCCCN(CC(F)(F)F)C(=O)CCCCBr. The van der Waals surface area contributed by atoms with Crippen LogP contribution in [0.4, 0.5) is 13.2 Å². The van der Waals surface area contributed by atoms with Crippen molar-refractivity contribution in [3.63, 3.8) is 0 Å². The fourth-order valence-electron chi connectivity index (χ4n) is 1.54. The molecule has 0 saturated carbocycles. The van der Waals surface area contributed by atoms with E-state index >= 15 is 0 Å². The highest BCUT2D eigenvalue weighted by Crippen LogP contribution is 2.17. The van der Waals surface area contributed by atoms with E-state index < -0.39 is 18.6 Å². The highest BCUT2D eigenvalue weighted by molar-refractivity contribution is 9.09. The van der Waals surface area contributed by atoms with Gasteiger partial charge >= 0.3 is 6.18 Å². The average Bonchev–Trinajstić information content (AvgIpc) is 2.32. The number of halogens is 4. The number of alkyl halides is 4. The lowest BCUT2D eigenvalue weighted by Gasteiger charge is -2.24. The van der Waals surface area contributed by atoms with Crippen molar-refractivity contribution < 1.29 is 22.7 Å². The number of carbonyl (C=O) groups excluding carboxylic acids is 1. The summed E-state index contributed by atoms with van der Waals surface area (Å²) in [4.78, 5) is 12.6. The van der Waals surface area contributed by atoms with E-state index in [-0.39, 0.29) is 13.0 Å². The van der Waals surface area contributed by atoms with Gasteiger partial charge in [0.25, 0.3) is 0 Å². The van der Waals surface area contributed by atoms with Crippen LogP contribution in [0.2, 0.25) is 0 Å². The van der Waals surface area contributed by atoms with Crippen molar-refractivity contribution in [1.82, 2.24) is 4.90 Å². The van der Waals surface area contributed by atoms with Gasteiger partial charge in [-0.05, 0) is 26.2 Å². The van der Waals surface area contributed by atoms with E-state index in [2.05, 4.69) is 15.9 Å². The zero-order chi connectivity index (χ0) is 14.7. The number of unbranched alkanes of at least 4 members (excludes halogenated alkanes) is 1. The number of amides is 1. The summed E-state index contributed by atoms with van der Waals surface area (Å²) in [5.41, 5.74) is 0. The normalized spacial score (nSPS) is 11.6. The second-order valence-corrected chi connectivity index (χ2v) is 4.92. The van der Waals surface area contributed by atoms with E-state index in [9.17, 15) is 18.0 Å². The summed E-state index contributed by atoms with van der Waals surface area (Å²) >= 11 is 3.22. The molecule has 0 saturated heterocycles. The molecule has 114 valence electrons. The van der Waals surface area contributed by atoms with E-state index in [4.69, 9.17) is 4.74 Å². The molecule has 0 aromatic rings. The Balaban J connectivity index is 4.19. The quantitative estimate of drug-likeness (QED) is 0.448. The minimum Gasteiger partial charge on any atom is -0.382 e. The Morgan fingerprint density at radius 2 is 1.95 bits per heavy atom. The second kappa shape index (κ2) is 10.5. The molecule has 0 bridgehead atoms. The molecule has 0 atom stereocenters. The van der Waals surface area contributed by atoms with Crippen LogP contribution in [0, 0.1) is 0 Å². The van der Waals surface area contributed by atoms with E-state index in [1.807, 2.05) is 6.92 Å². The van der Waals surface area contributed by atoms with Crippen LogP contribution in [0.1, 0.15) is 32.6 Å². The molecule has 3 nitrogen and oxygen atoms in total. The van der Waals surface area contributed by atoms with Crippen LogP contribution in [0.25, 0.3) is 0 Å². The number of nitrogens with zero attached hydrogens (tertiary/aromatic N) is 1. The average molecular weight is 348 g/mol. The Kier molecular flexibility index (Phi) is 10.3. The van der Waals surface area contributed by atoms with Crippen molar-refractivity contribution in [3.8, 4) is 0 Å². The molecule has 0 radical (unpaired) electrons. The van der Waals surface area contributed by atoms with Crippen molar-refractivity contribution in [2.45, 2.75) is 38.8 Å². The zero-order valence-electron chi connectivity index (χ0n) is 11.1. The number of carbonyl (C=O) groups is 1. The van der Waals surface area contributed by atoms with Crippen molar-refractivity contribution in [2.75, 3.05) is 31.6 Å². The molecule has 0 rings (SSSR count). The lowest BCUT2D eigenvalue weighted by molar-refractivity contribution is -0.161. The molecule has 0 unspecified atom stereocenters. The first-order valence-corrected chi connectivity index (χ1v) is 7.51. The molecule has 19 heavy (non-hydrogen) atoms. The molecule has 7 heteroatoms. The molecule has 0 aliphatic heterocycles. The molecule has 0 fully saturated rings. The molecule has 0 aromatic carbocycles. The third kappa shape index (κ3) is 11.2. The standard InChI is InChI=1S/C12H21BrF3NO2/c1-2-19-9-5-8-17(10-12(14,15)16)11(18)6-3-4-7-13/h2-10H2,1H3. The van der Waals surface area contributed by atoms with Crippen LogP contribution in [0.3, 0.4) is 0 Å². The number of hydrogen-bond acceptors (Lipinski definition) is 2. The van der Waals surface area contributed by atoms with Crippen LogP contribution < -0.4 is 0 Å². The molecule has 1 amide bonds. The highest BCUT2D eigenvalue weighted by Gasteiger charge is 2.32. The van der Waals surface area contributed by atoms with Gasteiger partial charge in [-0.1, -0.05) is 15.9 Å². The summed E-state index contributed by atoms with van der Waals surface area (Å²) < 4.78 is 42.3. The first-order chi connectivity index (χ1) is 8.90.